The SMILES string of the molecule is COc1cc(OC)c(C(=O)C2CC2)cc1Cl. The van der Waals surface area contributed by atoms with Crippen LogP contribution >= 0.6 is 11.6 Å². The lowest BCUT2D eigenvalue weighted by Gasteiger charge is -2.10. The molecule has 16 heavy (non-hydrogen) atoms. The van der Waals surface area contributed by atoms with Crippen LogP contribution < -0.4 is 9.47 Å². The number of hydrogen-bond donors (Lipinski definition) is 0. The number of halogens is 1. The Labute approximate surface area is 99.3 Å². The highest BCUT2D eigenvalue weighted by Crippen LogP contribution is 2.38. The predicted octanol–water partition coefficient (Wildman–Crippen LogP) is 2.95. The number of ether oxygens (including phenoxy) is 2. The van der Waals surface area contributed by atoms with Crippen LogP contribution in [0, 0.1) is 5.92 Å². The molecule has 0 aromatic heterocycles. The number of rotatable bonds is 4. The third-order valence-corrected chi connectivity index (χ3v) is 2.98. The van der Waals surface area contributed by atoms with Crippen molar-refractivity contribution in [2.75, 3.05) is 14.2 Å². The van der Waals surface area contributed by atoms with Crippen LogP contribution in [-0.2, 0) is 0 Å². The van der Waals surface area contributed by atoms with Gasteiger partial charge in [0.2, 0.25) is 0 Å². The fourth-order valence-electron chi connectivity index (χ4n) is 1.62. The largest absolute Gasteiger partial charge is 0.496 e. The van der Waals surface area contributed by atoms with Crippen LogP contribution in [0.1, 0.15) is 23.2 Å². The number of ketones is 1. The van der Waals surface area contributed by atoms with Crippen LogP contribution in [0.4, 0.5) is 0 Å². The van der Waals surface area contributed by atoms with Crippen molar-refractivity contribution in [2.45, 2.75) is 12.8 Å². The zero-order valence-corrected chi connectivity index (χ0v) is 10.0. The molecule has 3 nitrogen and oxygen atoms in total. The van der Waals surface area contributed by atoms with Crippen LogP contribution in [0.2, 0.25) is 5.02 Å². The fourth-order valence-corrected chi connectivity index (χ4v) is 1.86. The zero-order chi connectivity index (χ0) is 11.7. The maximum Gasteiger partial charge on any atom is 0.169 e. The van der Waals surface area contributed by atoms with E-state index in [0.29, 0.717) is 22.1 Å². The summed E-state index contributed by atoms with van der Waals surface area (Å²) in [7, 11) is 3.06. The normalized spacial score (nSPS) is 14.7. The summed E-state index contributed by atoms with van der Waals surface area (Å²) < 4.78 is 10.3. The molecule has 0 bridgehead atoms. The van der Waals surface area contributed by atoms with E-state index in [4.69, 9.17) is 21.1 Å². The Balaban J connectivity index is 2.42. The van der Waals surface area contributed by atoms with E-state index in [1.165, 1.54) is 14.2 Å². The van der Waals surface area contributed by atoms with Crippen LogP contribution in [0.3, 0.4) is 0 Å². The highest BCUT2D eigenvalue weighted by atomic mass is 35.5. The van der Waals surface area contributed by atoms with Gasteiger partial charge in [-0.3, -0.25) is 4.79 Å². The van der Waals surface area contributed by atoms with E-state index >= 15 is 0 Å². The van der Waals surface area contributed by atoms with Crippen molar-refractivity contribution in [3.8, 4) is 11.5 Å². The van der Waals surface area contributed by atoms with Gasteiger partial charge < -0.3 is 9.47 Å². The Morgan fingerprint density at radius 3 is 2.38 bits per heavy atom. The average Bonchev–Trinajstić information content (AvgIpc) is 3.11. The predicted molar refractivity (Wildman–Crippen MR) is 61.6 cm³/mol. The van der Waals surface area contributed by atoms with Gasteiger partial charge in [0.25, 0.3) is 0 Å². The summed E-state index contributed by atoms with van der Waals surface area (Å²) in [5, 5.41) is 0.437. The molecule has 0 amide bonds. The summed E-state index contributed by atoms with van der Waals surface area (Å²) in [5.74, 6) is 1.31. The number of hydrogen-bond acceptors (Lipinski definition) is 3. The summed E-state index contributed by atoms with van der Waals surface area (Å²) in [4.78, 5) is 12.0. The minimum Gasteiger partial charge on any atom is -0.496 e. The topological polar surface area (TPSA) is 35.5 Å². The van der Waals surface area contributed by atoms with E-state index in [0.717, 1.165) is 12.8 Å². The zero-order valence-electron chi connectivity index (χ0n) is 9.25. The van der Waals surface area contributed by atoms with Crippen molar-refractivity contribution in [3.05, 3.63) is 22.7 Å². The molecule has 1 fully saturated rings. The van der Waals surface area contributed by atoms with E-state index in [-0.39, 0.29) is 11.7 Å². The number of Topliss-reactive ketones (excluding diaryl/α,β-unsaturated/α-hetero) is 1. The molecular formula is C12H13ClO3. The molecule has 0 unspecified atom stereocenters. The first kappa shape index (κ1) is 11.3. The number of carbonyl (C=O) groups is 1. The minimum absolute atomic E-state index is 0.112. The first-order valence-electron chi connectivity index (χ1n) is 5.13. The second-order valence-electron chi connectivity index (χ2n) is 3.83. The van der Waals surface area contributed by atoms with Gasteiger partial charge in [0, 0.05) is 12.0 Å². The lowest BCUT2D eigenvalue weighted by atomic mass is 10.1. The minimum atomic E-state index is 0.112. The second-order valence-corrected chi connectivity index (χ2v) is 4.23. The lowest BCUT2D eigenvalue weighted by Crippen LogP contribution is -2.04. The highest BCUT2D eigenvalue weighted by Gasteiger charge is 2.32. The Bertz CT molecular complexity index is 425. The van der Waals surface area contributed by atoms with Crippen molar-refractivity contribution >= 4 is 17.4 Å². The smallest absolute Gasteiger partial charge is 0.169 e. The monoisotopic (exact) mass is 240 g/mol. The van der Waals surface area contributed by atoms with Crippen molar-refractivity contribution in [3.63, 3.8) is 0 Å². The van der Waals surface area contributed by atoms with Crippen LogP contribution in [0.5, 0.6) is 11.5 Å². The first-order chi connectivity index (χ1) is 7.67. The van der Waals surface area contributed by atoms with Gasteiger partial charge in [-0.15, -0.1) is 0 Å². The van der Waals surface area contributed by atoms with Gasteiger partial charge in [0.05, 0.1) is 24.8 Å². The van der Waals surface area contributed by atoms with Gasteiger partial charge in [0.1, 0.15) is 11.5 Å². The molecule has 0 saturated heterocycles. The molecule has 0 radical (unpaired) electrons. The van der Waals surface area contributed by atoms with Crippen LogP contribution in [0.15, 0.2) is 12.1 Å². The quantitative estimate of drug-likeness (QED) is 0.759. The molecule has 0 aliphatic heterocycles. The standard InChI is InChI=1S/C12H13ClO3/c1-15-10-6-11(16-2)9(13)5-8(10)12(14)7-3-4-7/h5-7H,3-4H2,1-2H3. The summed E-state index contributed by atoms with van der Waals surface area (Å²) >= 11 is 5.99. The average molecular weight is 241 g/mol. The lowest BCUT2D eigenvalue weighted by molar-refractivity contribution is 0.0964. The Morgan fingerprint density at radius 1 is 1.25 bits per heavy atom. The van der Waals surface area contributed by atoms with E-state index in [2.05, 4.69) is 0 Å². The molecule has 0 atom stereocenters. The second kappa shape index (κ2) is 4.34. The Hall–Kier alpha value is -1.22. The van der Waals surface area contributed by atoms with Crippen LogP contribution in [-0.4, -0.2) is 20.0 Å². The highest BCUT2D eigenvalue weighted by molar-refractivity contribution is 6.32. The molecule has 0 N–H and O–H groups in total. The molecule has 1 aliphatic carbocycles. The van der Waals surface area contributed by atoms with Gasteiger partial charge in [-0.05, 0) is 18.9 Å². The molecule has 1 aromatic rings. The van der Waals surface area contributed by atoms with Gasteiger partial charge in [0.15, 0.2) is 5.78 Å². The number of benzene rings is 1. The van der Waals surface area contributed by atoms with E-state index in [1.54, 1.807) is 12.1 Å². The number of methoxy groups -OCH3 is 2. The maximum atomic E-state index is 12.0. The van der Waals surface area contributed by atoms with Crippen molar-refractivity contribution in [2.24, 2.45) is 5.92 Å². The molecular weight excluding hydrogens is 228 g/mol. The van der Waals surface area contributed by atoms with Gasteiger partial charge in [-0.25, -0.2) is 0 Å². The van der Waals surface area contributed by atoms with Crippen molar-refractivity contribution in [1.82, 2.24) is 0 Å². The fraction of sp³-hybridized carbons (Fsp3) is 0.417. The summed E-state index contributed by atoms with van der Waals surface area (Å²) in [5.41, 5.74) is 0.552. The van der Waals surface area contributed by atoms with E-state index in [1.807, 2.05) is 0 Å². The molecule has 1 saturated carbocycles. The van der Waals surface area contributed by atoms with Gasteiger partial charge >= 0.3 is 0 Å². The molecule has 0 spiro atoms. The summed E-state index contributed by atoms with van der Waals surface area (Å²) in [6.45, 7) is 0. The molecule has 2 rings (SSSR count). The van der Waals surface area contributed by atoms with E-state index < -0.39 is 0 Å². The molecule has 4 heteroatoms. The van der Waals surface area contributed by atoms with Gasteiger partial charge in [-0.2, -0.15) is 0 Å². The summed E-state index contributed by atoms with van der Waals surface area (Å²) in [6, 6.07) is 3.28. The Morgan fingerprint density at radius 2 is 1.88 bits per heavy atom. The molecule has 86 valence electrons. The number of carbonyl (C=O) groups excluding carboxylic acids is 1. The summed E-state index contributed by atoms with van der Waals surface area (Å²) in [6.07, 6.45) is 1.93. The molecule has 1 aromatic carbocycles. The molecule has 1 aliphatic rings. The maximum absolute atomic E-state index is 12.0. The van der Waals surface area contributed by atoms with Crippen molar-refractivity contribution < 1.29 is 14.3 Å². The van der Waals surface area contributed by atoms with E-state index in [9.17, 15) is 4.79 Å². The van der Waals surface area contributed by atoms with Gasteiger partial charge in [-0.1, -0.05) is 11.6 Å². The van der Waals surface area contributed by atoms with Crippen molar-refractivity contribution in [1.29, 1.82) is 0 Å². The third-order valence-electron chi connectivity index (χ3n) is 2.69. The molecule has 0 heterocycles. The first-order valence-corrected chi connectivity index (χ1v) is 5.51. The van der Waals surface area contributed by atoms with Crippen LogP contribution in [0.25, 0.3) is 0 Å². The Kier molecular flexibility index (Phi) is 3.06. The third kappa shape index (κ3) is 2.00.